The normalized spacial score (nSPS) is 34.6. The Labute approximate surface area is 96.5 Å². The van der Waals surface area contributed by atoms with E-state index in [0.717, 1.165) is 4.90 Å². The summed E-state index contributed by atoms with van der Waals surface area (Å²) in [7, 11) is 1.26. The Kier molecular flexibility index (Phi) is 1.60. The first-order valence-corrected chi connectivity index (χ1v) is 5.08. The second kappa shape index (κ2) is 2.66. The largest absolute Gasteiger partial charge is 0.363 e. The van der Waals surface area contributed by atoms with Crippen LogP contribution in [0.4, 0.5) is 4.79 Å². The van der Waals surface area contributed by atoms with Gasteiger partial charge in [0.25, 0.3) is 5.72 Å². The molecule has 0 unspecified atom stereocenters. The molecule has 2 amide bonds. The van der Waals surface area contributed by atoms with Crippen LogP contribution in [0.3, 0.4) is 0 Å². The summed E-state index contributed by atoms with van der Waals surface area (Å²) in [5.74, 6) is -0.684. The van der Waals surface area contributed by atoms with Gasteiger partial charge in [-0.3, -0.25) is 9.69 Å². The average molecular weight is 234 g/mol. The third-order valence-corrected chi connectivity index (χ3v) is 3.46. The number of hydrogen-bond acceptors (Lipinski definition) is 4. The van der Waals surface area contributed by atoms with Gasteiger partial charge < -0.3 is 15.5 Å². The van der Waals surface area contributed by atoms with Crippen molar-refractivity contribution in [3.05, 3.63) is 35.4 Å². The number of likely N-dealkylation sites (N-methyl/N-ethyl adjacent to an activating group) is 1. The fourth-order valence-corrected chi connectivity index (χ4v) is 2.47. The van der Waals surface area contributed by atoms with Crippen molar-refractivity contribution in [1.82, 2.24) is 10.2 Å². The number of nitrogens with one attached hydrogen (secondary N) is 1. The van der Waals surface area contributed by atoms with Gasteiger partial charge in [-0.25, -0.2) is 4.79 Å². The van der Waals surface area contributed by atoms with Crippen molar-refractivity contribution < 1.29 is 19.8 Å². The molecule has 1 aromatic carbocycles. The molecule has 2 atom stereocenters. The van der Waals surface area contributed by atoms with Crippen molar-refractivity contribution in [2.75, 3.05) is 7.05 Å². The molecule has 88 valence electrons. The maximum Gasteiger partial charge on any atom is 0.322 e. The van der Waals surface area contributed by atoms with E-state index in [4.69, 9.17) is 0 Å². The number of urea groups is 1. The van der Waals surface area contributed by atoms with E-state index in [9.17, 15) is 19.8 Å². The molecule has 0 bridgehead atoms. The maximum absolute atomic E-state index is 12.1. The number of ketones is 1. The summed E-state index contributed by atoms with van der Waals surface area (Å²) in [6.45, 7) is 0. The molecule has 3 rings (SSSR count). The number of fused-ring (bicyclic) bond motifs is 3. The van der Waals surface area contributed by atoms with Crippen LogP contribution in [0.1, 0.15) is 15.9 Å². The number of carbonyl (C=O) groups is 2. The molecule has 1 heterocycles. The van der Waals surface area contributed by atoms with E-state index in [1.54, 1.807) is 12.1 Å². The first kappa shape index (κ1) is 10.2. The monoisotopic (exact) mass is 234 g/mol. The highest BCUT2D eigenvalue weighted by molar-refractivity contribution is 6.11. The molecule has 17 heavy (non-hydrogen) atoms. The molecule has 0 spiro atoms. The number of benzene rings is 1. The van der Waals surface area contributed by atoms with Gasteiger partial charge in [0.15, 0.2) is 0 Å². The van der Waals surface area contributed by atoms with Gasteiger partial charge in [-0.15, -0.1) is 0 Å². The number of carbonyl (C=O) groups excluding carboxylic acids is 2. The zero-order valence-electron chi connectivity index (χ0n) is 8.97. The van der Waals surface area contributed by atoms with Crippen LogP contribution in [-0.4, -0.2) is 39.7 Å². The zero-order valence-corrected chi connectivity index (χ0v) is 8.97. The second-order valence-electron chi connectivity index (χ2n) is 4.25. The Morgan fingerprint density at radius 3 is 2.59 bits per heavy atom. The molecule has 1 fully saturated rings. The lowest BCUT2D eigenvalue weighted by atomic mass is 10.0. The fourth-order valence-electron chi connectivity index (χ4n) is 2.47. The summed E-state index contributed by atoms with van der Waals surface area (Å²) in [4.78, 5) is 24.4. The third-order valence-electron chi connectivity index (χ3n) is 3.46. The standard InChI is InChI=1S/C11H10N2O4/c1-13-9(15)12-10(16)7-5-3-2-4-6(7)8(14)11(10,13)17/h2-5,16-17H,1H3,(H,12,15)/t10-,11-/m1/s1. The lowest BCUT2D eigenvalue weighted by Crippen LogP contribution is -2.58. The Morgan fingerprint density at radius 1 is 1.24 bits per heavy atom. The molecule has 0 aromatic heterocycles. The summed E-state index contributed by atoms with van der Waals surface area (Å²) in [6.07, 6.45) is 0. The van der Waals surface area contributed by atoms with Crippen LogP contribution in [0.2, 0.25) is 0 Å². The van der Waals surface area contributed by atoms with Crippen molar-refractivity contribution in [2.24, 2.45) is 0 Å². The van der Waals surface area contributed by atoms with Crippen LogP contribution in [0, 0.1) is 0 Å². The highest BCUT2D eigenvalue weighted by atomic mass is 16.4. The SMILES string of the molecule is CN1C(=O)N[C@@]2(O)c3ccccc3C(=O)[C@]12O. The summed E-state index contributed by atoms with van der Waals surface area (Å²) < 4.78 is 0. The Balaban J connectivity index is 2.33. The van der Waals surface area contributed by atoms with Gasteiger partial charge in [0.1, 0.15) is 0 Å². The number of Topliss-reactive ketones (excluding diaryl/α,β-unsaturated/α-hetero) is 1. The van der Waals surface area contributed by atoms with Gasteiger partial charge in [-0.2, -0.15) is 0 Å². The molecule has 1 aliphatic heterocycles. The number of amides is 2. The van der Waals surface area contributed by atoms with Crippen LogP contribution < -0.4 is 5.32 Å². The number of aliphatic hydroxyl groups is 2. The summed E-state index contributed by atoms with van der Waals surface area (Å²) >= 11 is 0. The first-order chi connectivity index (χ1) is 7.93. The minimum absolute atomic E-state index is 0.212. The number of hydrogen-bond donors (Lipinski definition) is 3. The molecule has 1 aromatic rings. The molecule has 0 radical (unpaired) electrons. The predicted molar refractivity (Wildman–Crippen MR) is 55.9 cm³/mol. The predicted octanol–water partition coefficient (Wildman–Crippen LogP) is -0.628. The Morgan fingerprint density at radius 2 is 1.88 bits per heavy atom. The lowest BCUT2D eigenvalue weighted by Gasteiger charge is -2.31. The van der Waals surface area contributed by atoms with Gasteiger partial charge in [0.05, 0.1) is 0 Å². The van der Waals surface area contributed by atoms with Crippen LogP contribution in [-0.2, 0) is 5.72 Å². The Hall–Kier alpha value is -1.92. The quantitative estimate of drug-likeness (QED) is 0.557. The van der Waals surface area contributed by atoms with E-state index >= 15 is 0 Å². The van der Waals surface area contributed by atoms with E-state index in [1.165, 1.54) is 19.2 Å². The Bertz CT molecular complexity index is 558. The third kappa shape index (κ3) is 0.853. The molecule has 3 N–H and O–H groups in total. The van der Waals surface area contributed by atoms with Gasteiger partial charge in [0.2, 0.25) is 11.5 Å². The van der Waals surface area contributed by atoms with E-state index in [-0.39, 0.29) is 11.1 Å². The highest BCUT2D eigenvalue weighted by Gasteiger charge is 2.71. The fraction of sp³-hybridized carbons (Fsp3) is 0.273. The van der Waals surface area contributed by atoms with Crippen molar-refractivity contribution >= 4 is 11.8 Å². The maximum atomic E-state index is 12.1. The van der Waals surface area contributed by atoms with E-state index in [2.05, 4.69) is 5.32 Å². The summed E-state index contributed by atoms with van der Waals surface area (Å²) in [6, 6.07) is 5.57. The van der Waals surface area contributed by atoms with Crippen molar-refractivity contribution in [3.63, 3.8) is 0 Å². The first-order valence-electron chi connectivity index (χ1n) is 5.08. The molecule has 6 heteroatoms. The average Bonchev–Trinajstić information content (AvgIpc) is 2.60. The summed E-state index contributed by atoms with van der Waals surface area (Å²) in [5, 5.41) is 23.0. The number of rotatable bonds is 0. The zero-order chi connectivity index (χ0) is 12.4. The molecular formula is C11H10N2O4. The van der Waals surface area contributed by atoms with Gasteiger partial charge in [-0.1, -0.05) is 24.3 Å². The molecule has 1 saturated heterocycles. The number of nitrogens with zero attached hydrogens (tertiary/aromatic N) is 1. The molecule has 2 aliphatic rings. The second-order valence-corrected chi connectivity index (χ2v) is 4.25. The van der Waals surface area contributed by atoms with Crippen LogP contribution in [0.25, 0.3) is 0 Å². The van der Waals surface area contributed by atoms with Crippen molar-refractivity contribution in [1.29, 1.82) is 0 Å². The van der Waals surface area contributed by atoms with Crippen molar-refractivity contribution in [3.8, 4) is 0 Å². The van der Waals surface area contributed by atoms with Crippen molar-refractivity contribution in [2.45, 2.75) is 11.4 Å². The van der Waals surface area contributed by atoms with Crippen LogP contribution >= 0.6 is 0 Å². The topological polar surface area (TPSA) is 89.9 Å². The highest BCUT2D eigenvalue weighted by Crippen LogP contribution is 2.47. The van der Waals surface area contributed by atoms with Crippen LogP contribution in [0.15, 0.2) is 24.3 Å². The molecule has 0 saturated carbocycles. The van der Waals surface area contributed by atoms with Gasteiger partial charge in [0, 0.05) is 18.2 Å². The van der Waals surface area contributed by atoms with E-state index < -0.39 is 23.3 Å². The lowest BCUT2D eigenvalue weighted by molar-refractivity contribution is -0.158. The van der Waals surface area contributed by atoms with Crippen LogP contribution in [0.5, 0.6) is 0 Å². The van der Waals surface area contributed by atoms with Gasteiger partial charge in [-0.05, 0) is 0 Å². The minimum Gasteiger partial charge on any atom is -0.363 e. The molecule has 1 aliphatic carbocycles. The smallest absolute Gasteiger partial charge is 0.322 e. The minimum atomic E-state index is -2.27. The molecule has 6 nitrogen and oxygen atoms in total. The molecular weight excluding hydrogens is 224 g/mol. The van der Waals surface area contributed by atoms with E-state index in [1.807, 2.05) is 0 Å². The van der Waals surface area contributed by atoms with Gasteiger partial charge >= 0.3 is 6.03 Å². The van der Waals surface area contributed by atoms with E-state index in [0.29, 0.717) is 0 Å². The summed E-state index contributed by atoms with van der Waals surface area (Å²) in [5.41, 5.74) is -3.92.